The fraction of sp³-hybridized carbons (Fsp3) is 0.576. The molecule has 0 atom stereocenters. The maximum absolute atomic E-state index is 14.8. The molecule has 2 N–H and O–H groups in total. The first-order valence-corrected chi connectivity index (χ1v) is 20.6. The minimum absolute atomic E-state index is 0.0741. The van der Waals surface area contributed by atoms with Crippen molar-refractivity contribution < 1.29 is 49.3 Å². The van der Waals surface area contributed by atoms with Crippen molar-refractivity contribution in [3.63, 3.8) is 0 Å². The summed E-state index contributed by atoms with van der Waals surface area (Å²) in [7, 11) is -3.58. The highest BCUT2D eigenvalue weighted by Gasteiger charge is 2.75. The zero-order valence-corrected chi connectivity index (χ0v) is 30.4. The van der Waals surface area contributed by atoms with E-state index in [0.717, 1.165) is 18.2 Å². The lowest BCUT2D eigenvalue weighted by Crippen LogP contribution is -2.62. The lowest BCUT2D eigenvalue weighted by molar-refractivity contribution is -0.369. The van der Waals surface area contributed by atoms with Crippen LogP contribution in [0.5, 0.6) is 0 Å². The third-order valence-corrected chi connectivity index (χ3v) is 15.4. The molecule has 0 unspecified atom stereocenters. The molecular weight excluding hydrogens is 710 g/mol. The summed E-state index contributed by atoms with van der Waals surface area (Å²) in [4.78, 5) is 28.9. The van der Waals surface area contributed by atoms with Crippen LogP contribution in [-0.4, -0.2) is 90.7 Å². The standard InChI is InChI=1S/C33H43F7N4O4SSi/c1-30(2,3)50(4,5)48-31(32(35,36)37,33(38,39)40)24-9-6-22(7-10-24)21-43-14-16-44(17-15-43)28(45)23-8-11-27(26(34)20-23)42-29(46)41-25-12-18-49(47)19-13-25/h6-11,20,25H,12-19,21H2,1-5H3,(H2,41,42,46). The number of nitrogens with one attached hydrogen (secondary N) is 2. The monoisotopic (exact) mass is 752 g/mol. The van der Waals surface area contributed by atoms with Crippen molar-refractivity contribution in [2.45, 2.75) is 82.3 Å². The number of hydrogen-bond donors (Lipinski definition) is 2. The van der Waals surface area contributed by atoms with Crippen LogP contribution in [0.2, 0.25) is 18.1 Å². The normalized spacial score (nSPS) is 20.1. The second kappa shape index (κ2) is 15.0. The number of carbonyl (C=O) groups is 2. The van der Waals surface area contributed by atoms with E-state index in [-0.39, 0.29) is 36.9 Å². The summed E-state index contributed by atoms with van der Waals surface area (Å²) in [5, 5.41) is 4.24. The van der Waals surface area contributed by atoms with Crippen molar-refractivity contribution in [2.75, 3.05) is 43.0 Å². The van der Waals surface area contributed by atoms with E-state index >= 15 is 0 Å². The number of carbonyl (C=O) groups excluding carboxylic acids is 2. The van der Waals surface area contributed by atoms with Crippen LogP contribution in [0.4, 0.5) is 41.2 Å². The molecule has 0 spiro atoms. The van der Waals surface area contributed by atoms with E-state index in [9.17, 15) is 44.9 Å². The van der Waals surface area contributed by atoms with Crippen LogP contribution in [0, 0.1) is 5.82 Å². The van der Waals surface area contributed by atoms with Crippen LogP contribution in [0.1, 0.15) is 55.1 Å². The Balaban J connectivity index is 1.37. The molecule has 0 aromatic heterocycles. The summed E-state index contributed by atoms with van der Waals surface area (Å²) >= 11 is -0.888. The predicted molar refractivity (Wildman–Crippen MR) is 179 cm³/mol. The van der Waals surface area contributed by atoms with E-state index in [0.29, 0.717) is 43.0 Å². The SMILES string of the molecule is CC(C)(C)[Si](C)(C)OC(c1ccc(CN2CCN(C(=O)c3ccc(NC(=O)NC4CC[S+]([O-])CC4)c(F)c3)CC2)cc1)(C(F)(F)F)C(F)(F)F. The molecule has 2 aliphatic rings. The minimum atomic E-state index is -5.78. The predicted octanol–water partition coefficient (Wildman–Crippen LogP) is 7.16. The van der Waals surface area contributed by atoms with Gasteiger partial charge in [0.05, 0.1) is 5.69 Å². The molecule has 3 amide bonds. The summed E-state index contributed by atoms with van der Waals surface area (Å²) in [6.07, 6.45) is -10.4. The van der Waals surface area contributed by atoms with Gasteiger partial charge in [0, 0.05) is 62.7 Å². The molecule has 0 aliphatic carbocycles. The molecule has 278 valence electrons. The lowest BCUT2D eigenvalue weighted by Gasteiger charge is -2.46. The molecule has 0 radical (unpaired) electrons. The molecule has 2 aromatic carbocycles. The number of rotatable bonds is 8. The number of piperazine rings is 1. The quantitative estimate of drug-likeness (QED) is 0.170. The Labute approximate surface area is 291 Å². The minimum Gasteiger partial charge on any atom is -0.616 e. The Bertz CT molecular complexity index is 1490. The molecular formula is C33H43F7N4O4SSi. The van der Waals surface area contributed by atoms with Gasteiger partial charge in [-0.3, -0.25) is 9.69 Å². The fourth-order valence-electron chi connectivity index (χ4n) is 5.62. The maximum Gasteiger partial charge on any atom is 0.429 e. The Hall–Kier alpha value is -2.86. The van der Waals surface area contributed by atoms with Gasteiger partial charge in [0.2, 0.25) is 0 Å². The van der Waals surface area contributed by atoms with Gasteiger partial charge in [-0.1, -0.05) is 56.2 Å². The Morgan fingerprint density at radius 2 is 1.48 bits per heavy atom. The number of hydrogen-bond acceptors (Lipinski definition) is 5. The van der Waals surface area contributed by atoms with Crippen LogP contribution in [0.15, 0.2) is 42.5 Å². The third-order valence-electron chi connectivity index (χ3n) is 9.63. The molecule has 4 rings (SSSR count). The van der Waals surface area contributed by atoms with Crippen LogP contribution < -0.4 is 10.6 Å². The molecule has 2 fully saturated rings. The van der Waals surface area contributed by atoms with E-state index in [1.807, 2.05) is 4.90 Å². The Kier molecular flexibility index (Phi) is 12.0. The van der Waals surface area contributed by atoms with Crippen LogP contribution in [-0.2, 0) is 27.7 Å². The summed E-state index contributed by atoms with van der Waals surface area (Å²) in [5.74, 6) is -0.255. The number of amides is 3. The molecule has 0 bridgehead atoms. The molecule has 8 nitrogen and oxygen atoms in total. The highest BCUT2D eigenvalue weighted by Crippen LogP contribution is 2.56. The highest BCUT2D eigenvalue weighted by molar-refractivity contribution is 7.91. The largest absolute Gasteiger partial charge is 0.616 e. The van der Waals surface area contributed by atoms with Crippen molar-refractivity contribution >= 4 is 37.1 Å². The van der Waals surface area contributed by atoms with Gasteiger partial charge in [-0.05, 0) is 41.9 Å². The Morgan fingerprint density at radius 3 is 1.98 bits per heavy atom. The summed E-state index contributed by atoms with van der Waals surface area (Å²) in [6.45, 7) is 8.79. The van der Waals surface area contributed by atoms with E-state index in [1.165, 1.54) is 42.3 Å². The molecule has 17 heteroatoms. The van der Waals surface area contributed by atoms with Crippen LogP contribution in [0.25, 0.3) is 0 Å². The van der Waals surface area contributed by atoms with Gasteiger partial charge in [-0.15, -0.1) is 0 Å². The van der Waals surface area contributed by atoms with Crippen molar-refractivity contribution in [3.8, 4) is 0 Å². The van der Waals surface area contributed by atoms with E-state index in [2.05, 4.69) is 10.6 Å². The zero-order valence-electron chi connectivity index (χ0n) is 28.6. The van der Waals surface area contributed by atoms with Gasteiger partial charge in [-0.25, -0.2) is 9.18 Å². The zero-order chi connectivity index (χ0) is 37.3. The van der Waals surface area contributed by atoms with Gasteiger partial charge in [0.25, 0.3) is 11.5 Å². The summed E-state index contributed by atoms with van der Waals surface area (Å²) in [5.41, 5.74) is -5.09. The van der Waals surface area contributed by atoms with Crippen molar-refractivity contribution in [1.82, 2.24) is 15.1 Å². The van der Waals surface area contributed by atoms with Gasteiger partial charge in [0.1, 0.15) is 17.3 Å². The van der Waals surface area contributed by atoms with Crippen molar-refractivity contribution in [1.29, 1.82) is 0 Å². The van der Waals surface area contributed by atoms with Gasteiger partial charge < -0.3 is 24.5 Å². The molecule has 2 saturated heterocycles. The van der Waals surface area contributed by atoms with E-state index < -0.39 is 65.8 Å². The number of benzene rings is 2. The molecule has 2 aromatic rings. The average molecular weight is 753 g/mol. The summed E-state index contributed by atoms with van der Waals surface area (Å²) < 4.78 is 118. The second-order valence-electron chi connectivity index (χ2n) is 14.2. The molecule has 2 aliphatic heterocycles. The first kappa shape index (κ1) is 39.9. The van der Waals surface area contributed by atoms with Crippen LogP contribution >= 0.6 is 0 Å². The average Bonchev–Trinajstić information content (AvgIpc) is 3.01. The van der Waals surface area contributed by atoms with E-state index in [4.69, 9.17) is 4.43 Å². The first-order chi connectivity index (χ1) is 23.0. The summed E-state index contributed by atoms with van der Waals surface area (Å²) in [6, 6.07) is 7.05. The Morgan fingerprint density at radius 1 is 0.920 bits per heavy atom. The number of halogens is 7. The number of nitrogens with zero attached hydrogens (tertiary/aromatic N) is 2. The third kappa shape index (κ3) is 8.95. The van der Waals surface area contributed by atoms with E-state index in [1.54, 1.807) is 20.8 Å². The van der Waals surface area contributed by atoms with Gasteiger partial charge in [-0.2, -0.15) is 26.3 Å². The fourth-order valence-corrected chi connectivity index (χ4v) is 8.34. The van der Waals surface area contributed by atoms with Crippen molar-refractivity contribution in [2.24, 2.45) is 0 Å². The highest BCUT2D eigenvalue weighted by atomic mass is 32.2. The lowest BCUT2D eigenvalue weighted by atomic mass is 9.91. The molecule has 2 heterocycles. The smallest absolute Gasteiger partial charge is 0.429 e. The number of anilines is 1. The molecule has 50 heavy (non-hydrogen) atoms. The number of urea groups is 1. The van der Waals surface area contributed by atoms with Crippen LogP contribution in [0.3, 0.4) is 0 Å². The second-order valence-corrected chi connectivity index (χ2v) is 20.6. The molecule has 0 saturated carbocycles. The van der Waals surface area contributed by atoms with Gasteiger partial charge in [0.15, 0.2) is 8.32 Å². The maximum atomic E-state index is 14.8. The topological polar surface area (TPSA) is 97.0 Å². The van der Waals surface area contributed by atoms with Gasteiger partial charge >= 0.3 is 18.4 Å². The number of alkyl halides is 6. The first-order valence-electron chi connectivity index (χ1n) is 16.2. The van der Waals surface area contributed by atoms with Crippen molar-refractivity contribution in [3.05, 3.63) is 65.0 Å².